The highest BCUT2D eigenvalue weighted by molar-refractivity contribution is 9.10. The molecule has 0 bridgehead atoms. The lowest BCUT2D eigenvalue weighted by Gasteiger charge is -2.15. The lowest BCUT2D eigenvalue weighted by atomic mass is 9.97. The molecule has 1 aliphatic carbocycles. The number of hydrogen-bond donors (Lipinski definition) is 0. The molecule has 0 N–H and O–H groups in total. The summed E-state index contributed by atoms with van der Waals surface area (Å²) in [6, 6.07) is 8.30. The summed E-state index contributed by atoms with van der Waals surface area (Å²) in [5.41, 5.74) is 6.71. The van der Waals surface area contributed by atoms with E-state index in [4.69, 9.17) is 14.8 Å². The van der Waals surface area contributed by atoms with Gasteiger partial charge in [-0.05, 0) is 48.9 Å². The van der Waals surface area contributed by atoms with Crippen LogP contribution >= 0.6 is 15.9 Å². The Morgan fingerprint density at radius 1 is 1.17 bits per heavy atom. The number of fused-ring (bicyclic) bond motifs is 3. The number of rotatable bonds is 3. The van der Waals surface area contributed by atoms with Gasteiger partial charge in [-0.1, -0.05) is 28.1 Å². The Morgan fingerprint density at radius 2 is 1.96 bits per heavy atom. The van der Waals surface area contributed by atoms with Crippen molar-refractivity contribution in [2.75, 3.05) is 7.11 Å². The average Bonchev–Trinajstić information content (AvgIpc) is 2.95. The lowest BCUT2D eigenvalue weighted by molar-refractivity contribution is 0.181. The van der Waals surface area contributed by atoms with Gasteiger partial charge in [0.1, 0.15) is 0 Å². The summed E-state index contributed by atoms with van der Waals surface area (Å²) in [6.07, 6.45) is 6.67. The molecular weight excluding hydrogens is 354 g/mol. The van der Waals surface area contributed by atoms with Crippen molar-refractivity contribution in [3.63, 3.8) is 0 Å². The maximum absolute atomic E-state index is 5.37. The highest BCUT2D eigenvalue weighted by Gasteiger charge is 2.21. The smallest absolute Gasteiger partial charge is 0.163 e. The van der Waals surface area contributed by atoms with Gasteiger partial charge < -0.3 is 4.74 Å². The molecule has 1 aromatic carbocycles. The van der Waals surface area contributed by atoms with E-state index >= 15 is 0 Å². The van der Waals surface area contributed by atoms with Crippen molar-refractivity contribution < 1.29 is 4.74 Å². The van der Waals surface area contributed by atoms with Crippen LogP contribution in [-0.4, -0.2) is 21.7 Å². The number of hydrogen-bond acceptors (Lipinski definition) is 3. The Balaban J connectivity index is 1.97. The van der Waals surface area contributed by atoms with Crippen LogP contribution in [0.2, 0.25) is 0 Å². The Kier molecular flexibility index (Phi) is 3.91. The van der Waals surface area contributed by atoms with E-state index in [-0.39, 0.29) is 0 Å². The topological polar surface area (TPSA) is 39.4 Å². The number of methoxy groups -OCH3 is 1. The Hall–Kier alpha value is -1.72. The molecular formula is C18H18BrN3O. The molecule has 118 valence electrons. The molecule has 0 atom stereocenters. The van der Waals surface area contributed by atoms with E-state index in [0.29, 0.717) is 6.61 Å². The summed E-state index contributed by atoms with van der Waals surface area (Å²) >= 11 is 3.50. The van der Waals surface area contributed by atoms with E-state index in [1.54, 1.807) is 7.11 Å². The minimum absolute atomic E-state index is 0.490. The first kappa shape index (κ1) is 14.8. The fourth-order valence-electron chi connectivity index (χ4n) is 3.34. The standard InChI is InChI=1S/C18H18BrN3O/c1-23-11-15-17(12-6-8-14(19)9-7-12)18-20-10-13-4-2-3-5-16(13)22(18)21-15/h6-10H,2-5,11H2,1H3. The van der Waals surface area contributed by atoms with Crippen LogP contribution in [0.4, 0.5) is 0 Å². The van der Waals surface area contributed by atoms with Gasteiger partial charge >= 0.3 is 0 Å². The normalized spacial score (nSPS) is 14.2. The summed E-state index contributed by atoms with van der Waals surface area (Å²) in [7, 11) is 1.71. The zero-order valence-corrected chi connectivity index (χ0v) is 14.6. The summed E-state index contributed by atoms with van der Waals surface area (Å²) < 4.78 is 8.48. The summed E-state index contributed by atoms with van der Waals surface area (Å²) in [6.45, 7) is 0.490. The van der Waals surface area contributed by atoms with E-state index in [9.17, 15) is 0 Å². The van der Waals surface area contributed by atoms with E-state index in [0.717, 1.165) is 39.8 Å². The third-order valence-corrected chi connectivity index (χ3v) is 4.95. The number of aryl methyl sites for hydroxylation is 2. The molecule has 0 saturated heterocycles. The molecule has 4 rings (SSSR count). The Labute approximate surface area is 143 Å². The van der Waals surface area contributed by atoms with Crippen LogP contribution in [-0.2, 0) is 24.2 Å². The second kappa shape index (κ2) is 6.06. The van der Waals surface area contributed by atoms with Crippen LogP contribution in [0.1, 0.15) is 29.8 Å². The molecule has 0 amide bonds. The van der Waals surface area contributed by atoms with Crippen molar-refractivity contribution in [3.8, 4) is 11.1 Å². The number of nitrogens with zero attached hydrogens (tertiary/aromatic N) is 3. The maximum atomic E-state index is 5.37. The van der Waals surface area contributed by atoms with Crippen molar-refractivity contribution in [2.24, 2.45) is 0 Å². The average molecular weight is 372 g/mol. The zero-order chi connectivity index (χ0) is 15.8. The van der Waals surface area contributed by atoms with E-state index in [1.165, 1.54) is 24.1 Å². The third kappa shape index (κ3) is 2.58. The van der Waals surface area contributed by atoms with Crippen LogP contribution in [0, 0.1) is 0 Å². The lowest BCUT2D eigenvalue weighted by Crippen LogP contribution is -2.10. The van der Waals surface area contributed by atoms with Crippen LogP contribution in [0.5, 0.6) is 0 Å². The molecule has 23 heavy (non-hydrogen) atoms. The SMILES string of the molecule is COCc1nn2c3c(cnc2c1-c1ccc(Br)cc1)CCCC3. The molecule has 1 aliphatic rings. The fraction of sp³-hybridized carbons (Fsp3) is 0.333. The molecule has 4 nitrogen and oxygen atoms in total. The first-order chi connectivity index (χ1) is 11.3. The highest BCUT2D eigenvalue weighted by Crippen LogP contribution is 2.31. The first-order valence-corrected chi connectivity index (χ1v) is 8.70. The molecule has 0 spiro atoms. The van der Waals surface area contributed by atoms with Crippen molar-refractivity contribution in [3.05, 3.63) is 51.9 Å². The molecule has 2 heterocycles. The van der Waals surface area contributed by atoms with Gasteiger partial charge in [-0.2, -0.15) is 5.10 Å². The molecule has 0 unspecified atom stereocenters. The highest BCUT2D eigenvalue weighted by atomic mass is 79.9. The Morgan fingerprint density at radius 3 is 2.74 bits per heavy atom. The second-order valence-electron chi connectivity index (χ2n) is 5.93. The van der Waals surface area contributed by atoms with Gasteiger partial charge in [0.05, 0.1) is 17.9 Å². The molecule has 0 radical (unpaired) electrons. The molecule has 3 aromatic rings. The van der Waals surface area contributed by atoms with Crippen molar-refractivity contribution in [1.29, 1.82) is 0 Å². The molecule has 2 aromatic heterocycles. The molecule has 0 fully saturated rings. The van der Waals surface area contributed by atoms with Crippen molar-refractivity contribution in [2.45, 2.75) is 32.3 Å². The molecule has 5 heteroatoms. The first-order valence-electron chi connectivity index (χ1n) is 7.91. The zero-order valence-electron chi connectivity index (χ0n) is 13.1. The predicted octanol–water partition coefficient (Wildman–Crippen LogP) is 4.18. The molecule has 0 saturated carbocycles. The third-order valence-electron chi connectivity index (χ3n) is 4.43. The number of benzene rings is 1. The maximum Gasteiger partial charge on any atom is 0.163 e. The van der Waals surface area contributed by atoms with Crippen molar-refractivity contribution >= 4 is 21.6 Å². The largest absolute Gasteiger partial charge is 0.378 e. The van der Waals surface area contributed by atoms with Crippen LogP contribution in [0.3, 0.4) is 0 Å². The predicted molar refractivity (Wildman–Crippen MR) is 93.5 cm³/mol. The fourth-order valence-corrected chi connectivity index (χ4v) is 3.61. The van der Waals surface area contributed by atoms with Crippen LogP contribution in [0.25, 0.3) is 16.8 Å². The van der Waals surface area contributed by atoms with Gasteiger partial charge in [-0.25, -0.2) is 9.50 Å². The summed E-state index contributed by atoms with van der Waals surface area (Å²) in [5, 5.41) is 4.83. The van der Waals surface area contributed by atoms with Crippen LogP contribution in [0.15, 0.2) is 34.9 Å². The van der Waals surface area contributed by atoms with Crippen molar-refractivity contribution in [1.82, 2.24) is 14.6 Å². The number of aromatic nitrogens is 3. The number of halogens is 1. The van der Waals surface area contributed by atoms with E-state index in [1.807, 2.05) is 22.8 Å². The van der Waals surface area contributed by atoms with Gasteiger partial charge in [0, 0.05) is 23.5 Å². The second-order valence-corrected chi connectivity index (χ2v) is 6.85. The van der Waals surface area contributed by atoms with Gasteiger partial charge in [0.15, 0.2) is 5.65 Å². The minimum Gasteiger partial charge on any atom is -0.378 e. The van der Waals surface area contributed by atoms with Gasteiger partial charge in [-0.15, -0.1) is 0 Å². The Bertz CT molecular complexity index is 855. The van der Waals surface area contributed by atoms with Gasteiger partial charge in [0.25, 0.3) is 0 Å². The molecule has 0 aliphatic heterocycles. The monoisotopic (exact) mass is 371 g/mol. The number of ether oxygens (including phenoxy) is 1. The summed E-state index contributed by atoms with van der Waals surface area (Å²) in [4.78, 5) is 4.73. The van der Waals surface area contributed by atoms with E-state index < -0.39 is 0 Å². The van der Waals surface area contributed by atoms with Gasteiger partial charge in [0.2, 0.25) is 0 Å². The quantitative estimate of drug-likeness (QED) is 0.692. The van der Waals surface area contributed by atoms with E-state index in [2.05, 4.69) is 28.1 Å². The van der Waals surface area contributed by atoms with Crippen LogP contribution < -0.4 is 0 Å². The summed E-state index contributed by atoms with van der Waals surface area (Å²) in [5.74, 6) is 0. The minimum atomic E-state index is 0.490. The van der Waals surface area contributed by atoms with Gasteiger partial charge in [-0.3, -0.25) is 0 Å².